The van der Waals surface area contributed by atoms with Crippen LogP contribution in [0.15, 0.2) is 4.52 Å². The molecule has 4 rings (SSSR count). The van der Waals surface area contributed by atoms with Gasteiger partial charge in [-0.05, 0) is 37.5 Å². The Morgan fingerprint density at radius 1 is 1.07 bits per heavy atom. The number of rotatable bonds is 5. The van der Waals surface area contributed by atoms with E-state index < -0.39 is 0 Å². The van der Waals surface area contributed by atoms with E-state index in [9.17, 15) is 14.4 Å². The summed E-state index contributed by atoms with van der Waals surface area (Å²) >= 11 is 0. The predicted octanol–water partition coefficient (Wildman–Crippen LogP) is 3.77. The largest absolute Gasteiger partial charge is 0.360 e. The summed E-state index contributed by atoms with van der Waals surface area (Å²) in [6, 6.07) is 0. The van der Waals surface area contributed by atoms with Crippen LogP contribution in [0.2, 0.25) is 0 Å². The molecule has 0 radical (unpaired) electrons. The first-order chi connectivity index (χ1) is 13.8. The molecule has 2 aliphatic rings. The van der Waals surface area contributed by atoms with Crippen LogP contribution in [0.25, 0.3) is 0 Å². The number of Topliss-reactive ketones (excluding diaryl/α,β-unsaturated/α-hetero) is 2. The van der Waals surface area contributed by atoms with Crippen LogP contribution < -0.4 is 0 Å². The second-order valence-electron chi connectivity index (χ2n) is 8.97. The first-order valence-electron chi connectivity index (χ1n) is 10.5. The van der Waals surface area contributed by atoms with Crippen molar-refractivity contribution in [1.29, 1.82) is 0 Å². The molecular weight excluding hydrogens is 370 g/mol. The Bertz CT molecular complexity index is 996. The third kappa shape index (κ3) is 3.58. The van der Waals surface area contributed by atoms with E-state index in [1.807, 2.05) is 20.8 Å². The minimum atomic E-state index is -0.191. The van der Waals surface area contributed by atoms with Crippen molar-refractivity contribution in [2.24, 2.45) is 5.41 Å². The Kier molecular flexibility index (Phi) is 5.00. The average molecular weight is 397 g/mol. The Labute approximate surface area is 169 Å². The lowest BCUT2D eigenvalue weighted by Gasteiger charge is -2.29. The van der Waals surface area contributed by atoms with Gasteiger partial charge in [0.2, 0.25) is 5.91 Å². The van der Waals surface area contributed by atoms with Gasteiger partial charge in [-0.1, -0.05) is 25.9 Å². The number of hydrogen-bond donors (Lipinski definition) is 0. The van der Waals surface area contributed by atoms with Crippen LogP contribution >= 0.6 is 0 Å². The molecule has 0 aliphatic heterocycles. The number of nitrogens with zero attached hydrogens (tertiary/aromatic N) is 3. The van der Waals surface area contributed by atoms with E-state index >= 15 is 0 Å². The molecule has 7 nitrogen and oxygen atoms in total. The van der Waals surface area contributed by atoms with Crippen LogP contribution in [0, 0.1) is 5.41 Å². The Hall–Kier alpha value is -2.57. The molecule has 0 fully saturated rings. The van der Waals surface area contributed by atoms with Gasteiger partial charge in [-0.2, -0.15) is 5.10 Å². The fourth-order valence-corrected chi connectivity index (χ4v) is 4.52. The molecule has 0 bridgehead atoms. The van der Waals surface area contributed by atoms with Crippen molar-refractivity contribution in [1.82, 2.24) is 14.9 Å². The number of fused-ring (bicyclic) bond motifs is 2. The molecule has 0 unspecified atom stereocenters. The number of carbonyl (C=O) groups is 3. The molecule has 0 atom stereocenters. The van der Waals surface area contributed by atoms with Crippen LogP contribution in [-0.2, 0) is 25.7 Å². The molecule has 2 aliphatic carbocycles. The molecule has 29 heavy (non-hydrogen) atoms. The van der Waals surface area contributed by atoms with Crippen LogP contribution in [0.5, 0.6) is 0 Å². The predicted molar refractivity (Wildman–Crippen MR) is 105 cm³/mol. The summed E-state index contributed by atoms with van der Waals surface area (Å²) in [5, 5.41) is 8.67. The first kappa shape index (κ1) is 19.7. The lowest BCUT2D eigenvalue weighted by atomic mass is 9.75. The maximum Gasteiger partial charge on any atom is 0.247 e. The second kappa shape index (κ2) is 7.35. The molecular formula is C22H27N3O4. The van der Waals surface area contributed by atoms with E-state index in [1.54, 1.807) is 0 Å². The van der Waals surface area contributed by atoms with Gasteiger partial charge in [0.1, 0.15) is 5.76 Å². The summed E-state index contributed by atoms with van der Waals surface area (Å²) in [5.41, 5.74) is 3.01. The highest BCUT2D eigenvalue weighted by atomic mass is 16.5. The van der Waals surface area contributed by atoms with E-state index in [4.69, 9.17) is 4.52 Å². The van der Waals surface area contributed by atoms with Gasteiger partial charge in [0.15, 0.2) is 11.6 Å². The molecule has 154 valence electrons. The second-order valence-corrected chi connectivity index (χ2v) is 8.97. The monoisotopic (exact) mass is 397 g/mol. The van der Waals surface area contributed by atoms with Gasteiger partial charge >= 0.3 is 0 Å². The summed E-state index contributed by atoms with van der Waals surface area (Å²) < 4.78 is 6.82. The van der Waals surface area contributed by atoms with Gasteiger partial charge in [0.25, 0.3) is 0 Å². The molecule has 2 aromatic heterocycles. The number of ketones is 2. The van der Waals surface area contributed by atoms with Crippen molar-refractivity contribution >= 4 is 17.5 Å². The Balaban J connectivity index is 1.66. The fraction of sp³-hybridized carbons (Fsp3) is 0.591. The Morgan fingerprint density at radius 2 is 1.83 bits per heavy atom. The van der Waals surface area contributed by atoms with E-state index in [2.05, 4.69) is 10.3 Å². The number of hydrogen-bond acceptors (Lipinski definition) is 6. The minimum absolute atomic E-state index is 0.0417. The van der Waals surface area contributed by atoms with Gasteiger partial charge in [0, 0.05) is 25.7 Å². The van der Waals surface area contributed by atoms with Crippen LogP contribution in [0.3, 0.4) is 0 Å². The third-order valence-electron chi connectivity index (χ3n) is 5.84. The van der Waals surface area contributed by atoms with Crippen LogP contribution in [0.1, 0.15) is 101 Å². The van der Waals surface area contributed by atoms with E-state index in [0.29, 0.717) is 66.8 Å². The van der Waals surface area contributed by atoms with Crippen molar-refractivity contribution in [3.05, 3.63) is 34.0 Å². The maximum atomic E-state index is 12.9. The van der Waals surface area contributed by atoms with E-state index in [1.165, 1.54) is 4.68 Å². The number of carbonyl (C=O) groups excluding carboxylic acids is 3. The molecule has 0 saturated carbocycles. The summed E-state index contributed by atoms with van der Waals surface area (Å²) in [7, 11) is 0. The smallest absolute Gasteiger partial charge is 0.247 e. The summed E-state index contributed by atoms with van der Waals surface area (Å²) in [6.45, 7) is 6.04. The van der Waals surface area contributed by atoms with Crippen molar-refractivity contribution in [3.8, 4) is 0 Å². The third-order valence-corrected chi connectivity index (χ3v) is 5.84. The zero-order chi connectivity index (χ0) is 20.8. The standard InChI is InChI=1S/C22H27N3O4/c1-4-6-19(28)25-15-11-22(2,3)12-17(27)20(15)13(23-25)9-10-14-21-16(26)7-5-8-18(21)29-24-14/h4-12H2,1-3H3. The van der Waals surface area contributed by atoms with Gasteiger partial charge in [-0.15, -0.1) is 0 Å². The topological polar surface area (TPSA) is 95.1 Å². The molecule has 0 aromatic carbocycles. The molecule has 0 amide bonds. The van der Waals surface area contributed by atoms with Crippen molar-refractivity contribution in [2.75, 3.05) is 0 Å². The van der Waals surface area contributed by atoms with Crippen molar-refractivity contribution in [2.45, 2.75) is 78.6 Å². The number of aromatic nitrogens is 3. The normalized spacial score (nSPS) is 17.9. The average Bonchev–Trinajstić information content (AvgIpc) is 3.21. The van der Waals surface area contributed by atoms with Crippen LogP contribution in [0.4, 0.5) is 0 Å². The van der Waals surface area contributed by atoms with E-state index in [0.717, 1.165) is 25.0 Å². The molecule has 2 heterocycles. The summed E-state index contributed by atoms with van der Waals surface area (Å²) in [5.74, 6) is 0.709. The van der Waals surface area contributed by atoms with E-state index in [-0.39, 0.29) is 22.9 Å². The summed E-state index contributed by atoms with van der Waals surface area (Å²) in [4.78, 5) is 37.8. The van der Waals surface area contributed by atoms with Gasteiger partial charge in [-0.3, -0.25) is 14.4 Å². The Morgan fingerprint density at radius 3 is 2.59 bits per heavy atom. The van der Waals surface area contributed by atoms with Gasteiger partial charge < -0.3 is 4.52 Å². The quantitative estimate of drug-likeness (QED) is 0.762. The highest BCUT2D eigenvalue weighted by molar-refractivity contribution is 6.01. The highest BCUT2D eigenvalue weighted by Gasteiger charge is 2.37. The van der Waals surface area contributed by atoms with Gasteiger partial charge in [0.05, 0.1) is 28.2 Å². The van der Waals surface area contributed by atoms with Gasteiger partial charge in [-0.25, -0.2) is 4.68 Å². The zero-order valence-electron chi connectivity index (χ0n) is 17.3. The molecule has 0 N–H and O–H groups in total. The minimum Gasteiger partial charge on any atom is -0.360 e. The summed E-state index contributed by atoms with van der Waals surface area (Å²) in [6.07, 6.45) is 5.18. The fourth-order valence-electron chi connectivity index (χ4n) is 4.52. The van der Waals surface area contributed by atoms with Crippen LogP contribution in [-0.4, -0.2) is 32.4 Å². The lowest BCUT2D eigenvalue weighted by Crippen LogP contribution is -2.29. The lowest BCUT2D eigenvalue weighted by molar-refractivity contribution is 0.0870. The van der Waals surface area contributed by atoms with Crippen molar-refractivity contribution in [3.63, 3.8) is 0 Å². The van der Waals surface area contributed by atoms with Crippen molar-refractivity contribution < 1.29 is 18.9 Å². The molecule has 7 heteroatoms. The maximum absolute atomic E-state index is 12.9. The molecule has 2 aromatic rings. The zero-order valence-corrected chi connectivity index (χ0v) is 17.3. The number of aryl methyl sites for hydroxylation is 3. The SMILES string of the molecule is CCCC(=O)n1nc(CCc2noc3c2C(=O)CCC3)c2c1CC(C)(C)CC2=O. The molecule has 0 saturated heterocycles. The highest BCUT2D eigenvalue weighted by Crippen LogP contribution is 2.37. The first-order valence-corrected chi connectivity index (χ1v) is 10.5. The molecule has 0 spiro atoms.